The number of hydrogen-bond acceptors (Lipinski definition) is 4. The Morgan fingerprint density at radius 3 is 2.54 bits per heavy atom. The van der Waals surface area contributed by atoms with Crippen molar-refractivity contribution >= 4 is 29.1 Å². The average Bonchev–Trinajstić information content (AvgIpc) is 3.10. The first-order valence-corrected chi connectivity index (χ1v) is 13.4. The van der Waals surface area contributed by atoms with Gasteiger partial charge in [-0.2, -0.15) is 0 Å². The molecule has 0 radical (unpaired) electrons. The standard InChI is InChI=1S/C28H37Cl2F2N3O2/c1-16(2)27(3,4)15-22-28(33,19-11-10-17(29)14-21(19)31)23(18-8-7-9-20(30)24(18)32)25(35-22)26(37)34-12-5-6-13-36/h7-11,14,16,22-23,25,35-36H,5-6,12-13,15,33H2,1-4H3,(H,34,37)/t22-,23-,25+,28+/m0/s1. The minimum atomic E-state index is -1.51. The number of benzene rings is 2. The molecule has 3 rings (SSSR count). The van der Waals surface area contributed by atoms with Crippen molar-refractivity contribution in [1.82, 2.24) is 10.6 Å². The van der Waals surface area contributed by atoms with Crippen LogP contribution in [0.2, 0.25) is 10.0 Å². The Kier molecular flexibility index (Phi) is 9.62. The molecule has 0 unspecified atom stereocenters. The van der Waals surface area contributed by atoms with Crippen LogP contribution in [-0.2, 0) is 10.3 Å². The summed E-state index contributed by atoms with van der Waals surface area (Å²) in [4.78, 5) is 13.5. The van der Waals surface area contributed by atoms with E-state index in [-0.39, 0.29) is 45.0 Å². The van der Waals surface area contributed by atoms with Crippen molar-refractivity contribution in [2.24, 2.45) is 17.1 Å². The van der Waals surface area contributed by atoms with E-state index in [1.165, 1.54) is 18.2 Å². The molecule has 2 aromatic rings. The summed E-state index contributed by atoms with van der Waals surface area (Å²) in [7, 11) is 0. The van der Waals surface area contributed by atoms with E-state index in [1.54, 1.807) is 18.2 Å². The van der Waals surface area contributed by atoms with Crippen LogP contribution >= 0.6 is 23.2 Å². The molecule has 4 atom stereocenters. The number of amides is 1. The predicted octanol–water partition coefficient (Wildman–Crippen LogP) is 5.51. The molecule has 5 N–H and O–H groups in total. The highest BCUT2D eigenvalue weighted by molar-refractivity contribution is 6.31. The van der Waals surface area contributed by atoms with Crippen molar-refractivity contribution < 1.29 is 18.7 Å². The number of carbonyl (C=O) groups excluding carboxylic acids is 1. The Hall–Kier alpha value is -1.77. The van der Waals surface area contributed by atoms with Crippen molar-refractivity contribution in [1.29, 1.82) is 0 Å². The summed E-state index contributed by atoms with van der Waals surface area (Å²) in [5.41, 5.74) is 5.74. The molecular weight excluding hydrogens is 519 g/mol. The number of carbonyl (C=O) groups is 1. The molecule has 0 aromatic heterocycles. The van der Waals surface area contributed by atoms with Gasteiger partial charge in [0.25, 0.3) is 0 Å². The third-order valence-electron chi connectivity index (χ3n) is 7.98. The van der Waals surface area contributed by atoms with Gasteiger partial charge in [0.15, 0.2) is 0 Å². The smallest absolute Gasteiger partial charge is 0.237 e. The van der Waals surface area contributed by atoms with Crippen LogP contribution in [0.15, 0.2) is 36.4 Å². The monoisotopic (exact) mass is 555 g/mol. The minimum Gasteiger partial charge on any atom is -0.396 e. The number of aliphatic hydroxyl groups excluding tert-OH is 1. The fraction of sp³-hybridized carbons (Fsp3) is 0.536. The van der Waals surface area contributed by atoms with Gasteiger partial charge in [0.05, 0.1) is 16.6 Å². The lowest BCUT2D eigenvalue weighted by Gasteiger charge is -2.41. The first-order valence-electron chi connectivity index (χ1n) is 12.7. The highest BCUT2D eigenvalue weighted by Gasteiger charge is 2.58. The van der Waals surface area contributed by atoms with Gasteiger partial charge in [0.1, 0.15) is 11.6 Å². The normalized spacial score (nSPS) is 24.0. The summed E-state index contributed by atoms with van der Waals surface area (Å²) in [6, 6.07) is 7.27. The SMILES string of the molecule is CC(C)C(C)(C)C[C@@H]1N[C@@H](C(=O)NCCCCO)[C@H](c2cccc(Cl)c2F)[C@@]1(N)c1ccc(Cl)cc1F. The van der Waals surface area contributed by atoms with E-state index in [9.17, 15) is 4.79 Å². The molecule has 1 amide bonds. The fourth-order valence-corrected chi connectivity index (χ4v) is 5.45. The van der Waals surface area contributed by atoms with Gasteiger partial charge in [-0.1, -0.05) is 69.1 Å². The zero-order valence-corrected chi connectivity index (χ0v) is 23.3. The van der Waals surface area contributed by atoms with Crippen LogP contribution in [0.3, 0.4) is 0 Å². The van der Waals surface area contributed by atoms with Gasteiger partial charge in [-0.05, 0) is 54.4 Å². The van der Waals surface area contributed by atoms with Crippen molar-refractivity contribution in [2.75, 3.05) is 13.2 Å². The zero-order valence-electron chi connectivity index (χ0n) is 21.8. The molecule has 0 saturated carbocycles. The number of hydrogen-bond donors (Lipinski definition) is 4. The van der Waals surface area contributed by atoms with Gasteiger partial charge in [-0.25, -0.2) is 8.78 Å². The topological polar surface area (TPSA) is 87.4 Å². The van der Waals surface area contributed by atoms with E-state index >= 15 is 8.78 Å². The molecule has 0 bridgehead atoms. The first-order chi connectivity index (χ1) is 17.3. The van der Waals surface area contributed by atoms with E-state index in [2.05, 4.69) is 38.3 Å². The molecule has 0 aliphatic carbocycles. The number of unbranched alkanes of at least 4 members (excludes halogenated alkanes) is 1. The molecule has 1 aliphatic heterocycles. The average molecular weight is 557 g/mol. The second kappa shape index (κ2) is 12.0. The van der Waals surface area contributed by atoms with E-state index in [1.807, 2.05) is 0 Å². The van der Waals surface area contributed by atoms with Crippen molar-refractivity contribution in [3.8, 4) is 0 Å². The van der Waals surface area contributed by atoms with Gasteiger partial charge >= 0.3 is 0 Å². The minimum absolute atomic E-state index is 0.0159. The molecular formula is C28H37Cl2F2N3O2. The molecule has 1 saturated heterocycles. The molecule has 9 heteroatoms. The van der Waals surface area contributed by atoms with Crippen LogP contribution in [0, 0.1) is 23.0 Å². The molecule has 2 aromatic carbocycles. The predicted molar refractivity (Wildman–Crippen MR) is 145 cm³/mol. The molecule has 204 valence electrons. The Bertz CT molecular complexity index is 1110. The fourth-order valence-electron chi connectivity index (χ4n) is 5.11. The van der Waals surface area contributed by atoms with Gasteiger partial charge < -0.3 is 21.5 Å². The number of aliphatic hydroxyl groups is 1. The molecule has 1 heterocycles. The second-order valence-electron chi connectivity index (χ2n) is 10.9. The lowest BCUT2D eigenvalue weighted by molar-refractivity contribution is -0.123. The van der Waals surface area contributed by atoms with Crippen LogP contribution in [0.1, 0.15) is 64.0 Å². The Morgan fingerprint density at radius 2 is 1.92 bits per heavy atom. The van der Waals surface area contributed by atoms with Crippen molar-refractivity contribution in [3.63, 3.8) is 0 Å². The van der Waals surface area contributed by atoms with Crippen LogP contribution < -0.4 is 16.4 Å². The van der Waals surface area contributed by atoms with Crippen LogP contribution in [-0.4, -0.2) is 36.2 Å². The number of nitrogens with one attached hydrogen (secondary N) is 2. The zero-order chi connectivity index (χ0) is 27.5. The lowest BCUT2D eigenvalue weighted by atomic mass is 9.66. The largest absolute Gasteiger partial charge is 0.396 e. The number of nitrogens with two attached hydrogens (primary N) is 1. The van der Waals surface area contributed by atoms with Crippen molar-refractivity contribution in [3.05, 3.63) is 69.2 Å². The number of halogens is 4. The molecule has 1 fully saturated rings. The van der Waals surface area contributed by atoms with Crippen LogP contribution in [0.4, 0.5) is 8.78 Å². The summed E-state index contributed by atoms with van der Waals surface area (Å²) in [5.74, 6) is -2.42. The summed E-state index contributed by atoms with van der Waals surface area (Å²) in [5, 5.41) is 15.4. The molecule has 37 heavy (non-hydrogen) atoms. The summed E-state index contributed by atoms with van der Waals surface area (Å²) >= 11 is 12.2. The van der Waals surface area contributed by atoms with Gasteiger partial charge in [-0.15, -0.1) is 0 Å². The summed E-state index contributed by atoms with van der Waals surface area (Å²) in [6.07, 6.45) is 1.61. The number of rotatable bonds is 10. The van der Waals surface area contributed by atoms with Crippen molar-refractivity contribution in [2.45, 2.75) is 70.5 Å². The second-order valence-corrected chi connectivity index (χ2v) is 11.8. The molecule has 1 aliphatic rings. The maximum absolute atomic E-state index is 15.6. The van der Waals surface area contributed by atoms with E-state index in [0.717, 1.165) is 0 Å². The van der Waals surface area contributed by atoms with Gasteiger partial charge in [-0.3, -0.25) is 4.79 Å². The highest BCUT2D eigenvalue weighted by atomic mass is 35.5. The van der Waals surface area contributed by atoms with Crippen LogP contribution in [0.25, 0.3) is 0 Å². The Labute approximate surface area is 228 Å². The van der Waals surface area contributed by atoms with E-state index < -0.39 is 35.2 Å². The van der Waals surface area contributed by atoms with Crippen LogP contribution in [0.5, 0.6) is 0 Å². The summed E-state index contributed by atoms with van der Waals surface area (Å²) in [6.45, 7) is 8.72. The summed E-state index contributed by atoms with van der Waals surface area (Å²) < 4.78 is 31.1. The molecule has 0 spiro atoms. The Balaban J connectivity index is 2.21. The third-order valence-corrected chi connectivity index (χ3v) is 8.51. The quantitative estimate of drug-likeness (QED) is 0.291. The maximum atomic E-state index is 15.6. The molecule has 5 nitrogen and oxygen atoms in total. The van der Waals surface area contributed by atoms with E-state index in [4.69, 9.17) is 34.0 Å². The first kappa shape index (κ1) is 29.8. The van der Waals surface area contributed by atoms with Gasteiger partial charge in [0, 0.05) is 35.7 Å². The maximum Gasteiger partial charge on any atom is 0.237 e. The van der Waals surface area contributed by atoms with Gasteiger partial charge in [0.2, 0.25) is 5.91 Å². The lowest BCUT2D eigenvalue weighted by Crippen LogP contribution is -2.53. The Morgan fingerprint density at radius 1 is 1.22 bits per heavy atom. The highest BCUT2D eigenvalue weighted by Crippen LogP contribution is 2.50. The third kappa shape index (κ3) is 6.12. The van der Waals surface area contributed by atoms with E-state index in [0.29, 0.717) is 25.8 Å².